The van der Waals surface area contributed by atoms with Gasteiger partial charge in [-0.25, -0.2) is 0 Å². The van der Waals surface area contributed by atoms with E-state index in [1.165, 1.54) is 32.1 Å². The van der Waals surface area contributed by atoms with Crippen LogP contribution in [0.4, 0.5) is 0 Å². The Labute approximate surface area is 179 Å². The molecule has 29 heavy (non-hydrogen) atoms. The number of hydrogen-bond acceptors (Lipinski definition) is 6. The first-order chi connectivity index (χ1) is 14.1. The Morgan fingerprint density at radius 2 is 1.14 bits per heavy atom. The lowest BCUT2D eigenvalue weighted by Gasteiger charge is -2.39. The molecule has 0 rings (SSSR count). The smallest absolute Gasteiger partial charge is 0.285 e. The molecule has 0 aromatic carbocycles. The van der Waals surface area contributed by atoms with Gasteiger partial charge in [0, 0.05) is 38.8 Å². The molecule has 0 amide bonds. The van der Waals surface area contributed by atoms with Gasteiger partial charge in [0.2, 0.25) is 0 Å². The van der Waals surface area contributed by atoms with Crippen LogP contribution in [0.3, 0.4) is 0 Å². The largest absolute Gasteiger partial charge is 0.395 e. The van der Waals surface area contributed by atoms with E-state index in [0.29, 0.717) is 32.9 Å². The number of aliphatic hydroxyl groups excluding tert-OH is 2. The van der Waals surface area contributed by atoms with Gasteiger partial charge in [-0.15, -0.1) is 0 Å². The standard InChI is InChI=1S/C23H49NO5/c1-5-9-10-11-12-13-15-22(16-14-17-24(18-20-25)19-21-26)23(27-6-2,28-7-3)29-8-4/h22,25-26H,5-21H2,1-4H3. The number of nitrogens with zero attached hydrogens (tertiary/aromatic N) is 1. The molecule has 0 saturated carbocycles. The Morgan fingerprint density at radius 1 is 0.655 bits per heavy atom. The highest BCUT2D eigenvalue weighted by Gasteiger charge is 2.41. The predicted octanol–water partition coefficient (Wildman–Crippen LogP) is 4.18. The van der Waals surface area contributed by atoms with Crippen molar-refractivity contribution in [1.82, 2.24) is 4.90 Å². The Balaban J connectivity index is 4.98. The molecule has 1 atom stereocenters. The van der Waals surface area contributed by atoms with Crippen LogP contribution >= 0.6 is 0 Å². The van der Waals surface area contributed by atoms with Gasteiger partial charge in [-0.3, -0.25) is 4.90 Å². The molecule has 0 heterocycles. The number of hydrogen-bond donors (Lipinski definition) is 2. The van der Waals surface area contributed by atoms with E-state index in [-0.39, 0.29) is 19.1 Å². The number of ether oxygens (including phenoxy) is 3. The zero-order chi connectivity index (χ0) is 21.8. The molecule has 0 aliphatic rings. The van der Waals surface area contributed by atoms with Crippen molar-refractivity contribution in [2.45, 2.75) is 91.5 Å². The Morgan fingerprint density at radius 3 is 1.62 bits per heavy atom. The van der Waals surface area contributed by atoms with E-state index in [0.717, 1.165) is 32.2 Å². The zero-order valence-corrected chi connectivity index (χ0v) is 19.7. The third-order valence-electron chi connectivity index (χ3n) is 5.30. The highest BCUT2D eigenvalue weighted by Crippen LogP contribution is 2.34. The second kappa shape index (κ2) is 19.7. The van der Waals surface area contributed by atoms with Crippen LogP contribution in [0.2, 0.25) is 0 Å². The van der Waals surface area contributed by atoms with Crippen LogP contribution < -0.4 is 0 Å². The van der Waals surface area contributed by atoms with Gasteiger partial charge in [-0.2, -0.15) is 0 Å². The summed E-state index contributed by atoms with van der Waals surface area (Å²) in [6, 6.07) is 0. The number of aliphatic hydroxyl groups is 2. The van der Waals surface area contributed by atoms with Crippen molar-refractivity contribution in [2.24, 2.45) is 5.92 Å². The zero-order valence-electron chi connectivity index (χ0n) is 19.7. The molecule has 0 aliphatic heterocycles. The lowest BCUT2D eigenvalue weighted by Crippen LogP contribution is -2.47. The van der Waals surface area contributed by atoms with E-state index in [9.17, 15) is 10.2 Å². The maximum atomic E-state index is 9.23. The van der Waals surface area contributed by atoms with Gasteiger partial charge in [-0.1, -0.05) is 45.4 Å². The van der Waals surface area contributed by atoms with E-state index in [1.54, 1.807) is 0 Å². The molecular weight excluding hydrogens is 370 g/mol. The van der Waals surface area contributed by atoms with E-state index in [1.807, 2.05) is 20.8 Å². The molecule has 6 nitrogen and oxygen atoms in total. The molecule has 1 unspecified atom stereocenters. The average molecular weight is 420 g/mol. The molecular formula is C23H49NO5. The average Bonchev–Trinajstić information content (AvgIpc) is 2.70. The maximum Gasteiger partial charge on any atom is 0.285 e. The Bertz CT molecular complexity index is 320. The maximum absolute atomic E-state index is 9.23. The number of unbranched alkanes of at least 4 members (excludes halogenated alkanes) is 5. The van der Waals surface area contributed by atoms with Crippen LogP contribution in [0, 0.1) is 5.92 Å². The molecule has 0 aromatic heterocycles. The fourth-order valence-electron chi connectivity index (χ4n) is 3.93. The van der Waals surface area contributed by atoms with Crippen LogP contribution in [-0.2, 0) is 14.2 Å². The van der Waals surface area contributed by atoms with Crippen molar-refractivity contribution in [2.75, 3.05) is 52.7 Å². The highest BCUT2D eigenvalue weighted by atomic mass is 16.9. The van der Waals surface area contributed by atoms with Crippen LogP contribution in [-0.4, -0.2) is 73.8 Å². The van der Waals surface area contributed by atoms with E-state index < -0.39 is 5.97 Å². The first-order valence-electron chi connectivity index (χ1n) is 12.0. The summed E-state index contributed by atoms with van der Waals surface area (Å²) in [6.45, 7) is 12.1. The van der Waals surface area contributed by atoms with Gasteiger partial charge < -0.3 is 24.4 Å². The fraction of sp³-hybridized carbons (Fsp3) is 1.00. The first-order valence-corrected chi connectivity index (χ1v) is 12.0. The summed E-state index contributed by atoms with van der Waals surface area (Å²) < 4.78 is 18.2. The van der Waals surface area contributed by atoms with Gasteiger partial charge in [0.1, 0.15) is 0 Å². The summed E-state index contributed by atoms with van der Waals surface area (Å²) in [6.07, 6.45) is 10.5. The van der Waals surface area contributed by atoms with E-state index in [2.05, 4.69) is 11.8 Å². The normalized spacial score (nSPS) is 13.3. The van der Waals surface area contributed by atoms with Gasteiger partial charge in [0.25, 0.3) is 5.97 Å². The third-order valence-corrected chi connectivity index (χ3v) is 5.30. The van der Waals surface area contributed by atoms with Gasteiger partial charge >= 0.3 is 0 Å². The molecule has 2 N–H and O–H groups in total. The minimum Gasteiger partial charge on any atom is -0.395 e. The molecule has 6 heteroatoms. The van der Waals surface area contributed by atoms with Gasteiger partial charge in [-0.05, 0) is 46.6 Å². The lowest BCUT2D eigenvalue weighted by molar-refractivity contribution is -0.403. The molecule has 176 valence electrons. The minimum atomic E-state index is -0.972. The number of rotatable bonds is 22. The molecule has 0 bridgehead atoms. The van der Waals surface area contributed by atoms with Crippen LogP contribution in [0.15, 0.2) is 0 Å². The Hall–Kier alpha value is -0.240. The SMILES string of the molecule is CCCCCCCCC(CCCN(CCO)CCO)C(OCC)(OCC)OCC. The molecule has 0 aromatic rings. The molecule has 0 saturated heterocycles. The summed E-state index contributed by atoms with van der Waals surface area (Å²) in [5.74, 6) is -0.806. The summed E-state index contributed by atoms with van der Waals surface area (Å²) >= 11 is 0. The van der Waals surface area contributed by atoms with Crippen LogP contribution in [0.1, 0.15) is 85.5 Å². The molecule has 0 radical (unpaired) electrons. The van der Waals surface area contributed by atoms with Crippen molar-refractivity contribution in [3.05, 3.63) is 0 Å². The summed E-state index contributed by atoms with van der Waals surface area (Å²) in [5, 5.41) is 18.5. The minimum absolute atomic E-state index is 0.113. The second-order valence-corrected chi connectivity index (χ2v) is 7.59. The van der Waals surface area contributed by atoms with E-state index >= 15 is 0 Å². The monoisotopic (exact) mass is 419 g/mol. The van der Waals surface area contributed by atoms with Crippen molar-refractivity contribution in [3.63, 3.8) is 0 Å². The first kappa shape index (κ1) is 28.8. The van der Waals surface area contributed by atoms with Gasteiger partial charge in [0.05, 0.1) is 13.2 Å². The quantitative estimate of drug-likeness (QED) is 0.203. The topological polar surface area (TPSA) is 71.4 Å². The van der Waals surface area contributed by atoms with Crippen molar-refractivity contribution in [3.8, 4) is 0 Å². The summed E-state index contributed by atoms with van der Waals surface area (Å²) in [5.41, 5.74) is 0. The molecule has 0 aliphatic carbocycles. The summed E-state index contributed by atoms with van der Waals surface area (Å²) in [7, 11) is 0. The van der Waals surface area contributed by atoms with Crippen molar-refractivity contribution < 1.29 is 24.4 Å². The van der Waals surface area contributed by atoms with E-state index in [4.69, 9.17) is 14.2 Å². The van der Waals surface area contributed by atoms with Crippen LogP contribution in [0.5, 0.6) is 0 Å². The molecule has 0 spiro atoms. The summed E-state index contributed by atoms with van der Waals surface area (Å²) in [4.78, 5) is 2.10. The predicted molar refractivity (Wildman–Crippen MR) is 119 cm³/mol. The third kappa shape index (κ3) is 12.9. The second-order valence-electron chi connectivity index (χ2n) is 7.59. The fourth-order valence-corrected chi connectivity index (χ4v) is 3.93. The highest BCUT2D eigenvalue weighted by molar-refractivity contribution is 4.74. The lowest BCUT2D eigenvalue weighted by atomic mass is 9.92. The molecule has 0 fully saturated rings. The van der Waals surface area contributed by atoms with Crippen molar-refractivity contribution in [1.29, 1.82) is 0 Å². The Kier molecular flexibility index (Phi) is 19.5. The van der Waals surface area contributed by atoms with Gasteiger partial charge in [0.15, 0.2) is 0 Å². The van der Waals surface area contributed by atoms with Crippen molar-refractivity contribution >= 4 is 0 Å². The van der Waals surface area contributed by atoms with Crippen LogP contribution in [0.25, 0.3) is 0 Å².